The van der Waals surface area contributed by atoms with Gasteiger partial charge in [0, 0.05) is 6.07 Å². The van der Waals surface area contributed by atoms with E-state index in [9.17, 15) is 18.9 Å². The molecule has 0 fully saturated rings. The summed E-state index contributed by atoms with van der Waals surface area (Å²) in [5, 5.41) is 13.9. The van der Waals surface area contributed by atoms with E-state index < -0.39 is 39.7 Å². The molecule has 0 unspecified atom stereocenters. The predicted octanol–water partition coefficient (Wildman–Crippen LogP) is 1.94. The van der Waals surface area contributed by atoms with Crippen LogP contribution in [0.1, 0.15) is 18.9 Å². The Kier molecular flexibility index (Phi) is 3.21. The fraction of sp³-hybridized carbons (Fsp3) is 0.200. The van der Waals surface area contributed by atoms with Crippen molar-refractivity contribution in [3.63, 3.8) is 0 Å². The van der Waals surface area contributed by atoms with Gasteiger partial charge in [0.15, 0.2) is 0 Å². The predicted molar refractivity (Wildman–Crippen MR) is 58.9 cm³/mol. The van der Waals surface area contributed by atoms with Crippen LogP contribution in [0.3, 0.4) is 0 Å². The van der Waals surface area contributed by atoms with Crippen LogP contribution in [0.15, 0.2) is 16.7 Å². The average Bonchev–Trinajstić information content (AvgIpc) is 2.78. The first-order valence-corrected chi connectivity index (χ1v) is 5.13. The Bertz CT molecular complexity index is 642. The molecule has 2 N–H and O–H groups in total. The van der Waals surface area contributed by atoms with Crippen LogP contribution in [0, 0.1) is 21.7 Å². The van der Waals surface area contributed by atoms with Crippen LogP contribution in [0.4, 0.5) is 14.5 Å². The summed E-state index contributed by atoms with van der Waals surface area (Å²) in [6.45, 7) is 1.54. The maximum absolute atomic E-state index is 13.8. The zero-order valence-corrected chi connectivity index (χ0v) is 9.63. The van der Waals surface area contributed by atoms with Gasteiger partial charge in [0.05, 0.1) is 11.0 Å². The van der Waals surface area contributed by atoms with Crippen LogP contribution >= 0.6 is 0 Å². The van der Waals surface area contributed by atoms with Crippen molar-refractivity contribution in [3.8, 4) is 11.4 Å². The Morgan fingerprint density at radius 2 is 2.16 bits per heavy atom. The summed E-state index contributed by atoms with van der Waals surface area (Å²) in [4.78, 5) is 13.3. The molecular formula is C10H8F2N4O3. The summed E-state index contributed by atoms with van der Waals surface area (Å²) in [6, 6.07) is 0.866. The lowest BCUT2D eigenvalue weighted by molar-refractivity contribution is -0.387. The number of halogens is 2. The van der Waals surface area contributed by atoms with Gasteiger partial charge >= 0.3 is 5.69 Å². The molecule has 0 aliphatic rings. The van der Waals surface area contributed by atoms with Crippen LogP contribution in [0.25, 0.3) is 11.4 Å². The van der Waals surface area contributed by atoms with E-state index in [2.05, 4.69) is 10.1 Å². The number of hydrogen-bond acceptors (Lipinski definition) is 6. The number of nitrogens with two attached hydrogens (primary N) is 1. The Morgan fingerprint density at radius 3 is 2.68 bits per heavy atom. The van der Waals surface area contributed by atoms with Gasteiger partial charge in [-0.2, -0.15) is 9.37 Å². The lowest BCUT2D eigenvalue weighted by Gasteiger charge is -2.00. The van der Waals surface area contributed by atoms with E-state index in [1.54, 1.807) is 0 Å². The molecule has 1 heterocycles. The molecule has 0 saturated carbocycles. The topological polar surface area (TPSA) is 108 Å². The van der Waals surface area contributed by atoms with Gasteiger partial charge in [0.1, 0.15) is 11.4 Å². The minimum absolute atomic E-state index is 0.0275. The van der Waals surface area contributed by atoms with E-state index >= 15 is 0 Å². The van der Waals surface area contributed by atoms with Crippen LogP contribution < -0.4 is 5.73 Å². The van der Waals surface area contributed by atoms with Crippen LogP contribution in [-0.2, 0) is 0 Å². The lowest BCUT2D eigenvalue weighted by atomic mass is 10.1. The van der Waals surface area contributed by atoms with Crippen molar-refractivity contribution in [2.45, 2.75) is 13.0 Å². The van der Waals surface area contributed by atoms with Gasteiger partial charge < -0.3 is 10.3 Å². The van der Waals surface area contributed by atoms with Gasteiger partial charge in [-0.1, -0.05) is 5.16 Å². The van der Waals surface area contributed by atoms with Gasteiger partial charge in [0.2, 0.25) is 17.5 Å². The van der Waals surface area contributed by atoms with Crippen LogP contribution in [0.2, 0.25) is 0 Å². The smallest absolute Gasteiger partial charge is 0.305 e. The van der Waals surface area contributed by atoms with Crippen molar-refractivity contribution in [2.24, 2.45) is 5.73 Å². The van der Waals surface area contributed by atoms with Crippen LogP contribution in [0.5, 0.6) is 0 Å². The van der Waals surface area contributed by atoms with Gasteiger partial charge in [-0.15, -0.1) is 0 Å². The first-order valence-electron chi connectivity index (χ1n) is 5.13. The summed E-state index contributed by atoms with van der Waals surface area (Å²) in [6.07, 6.45) is 0. The van der Waals surface area contributed by atoms with Gasteiger partial charge in [-0.05, 0) is 13.0 Å². The van der Waals surface area contributed by atoms with Crippen molar-refractivity contribution in [1.29, 1.82) is 0 Å². The Morgan fingerprint density at radius 1 is 1.47 bits per heavy atom. The van der Waals surface area contributed by atoms with Gasteiger partial charge in [-0.3, -0.25) is 10.1 Å². The molecule has 0 saturated heterocycles. The second-order valence-electron chi connectivity index (χ2n) is 3.76. The second kappa shape index (κ2) is 4.69. The molecule has 7 nitrogen and oxygen atoms in total. The van der Waals surface area contributed by atoms with Crippen molar-refractivity contribution in [2.75, 3.05) is 0 Å². The van der Waals surface area contributed by atoms with Crippen LogP contribution in [-0.4, -0.2) is 15.1 Å². The molecule has 100 valence electrons. The summed E-state index contributed by atoms with van der Waals surface area (Å²) in [7, 11) is 0. The van der Waals surface area contributed by atoms with E-state index in [4.69, 9.17) is 10.3 Å². The van der Waals surface area contributed by atoms with E-state index in [0.717, 1.165) is 12.1 Å². The highest BCUT2D eigenvalue weighted by Crippen LogP contribution is 2.30. The molecule has 0 spiro atoms. The quantitative estimate of drug-likeness (QED) is 0.674. The molecule has 0 aliphatic heterocycles. The maximum atomic E-state index is 13.8. The molecule has 0 amide bonds. The number of nitro benzene ring substituents is 1. The molecule has 19 heavy (non-hydrogen) atoms. The fourth-order valence-electron chi connectivity index (χ4n) is 1.41. The zero-order valence-electron chi connectivity index (χ0n) is 9.63. The monoisotopic (exact) mass is 270 g/mol. The SMILES string of the molecule is C[C@@H](N)c1nc(-c2c(F)ccc([N+](=O)[O-])c2F)no1. The Hall–Kier alpha value is -2.42. The summed E-state index contributed by atoms with van der Waals surface area (Å²) in [5.41, 5.74) is 3.88. The molecule has 0 radical (unpaired) electrons. The molecule has 0 aliphatic carbocycles. The highest BCUT2D eigenvalue weighted by Gasteiger charge is 2.26. The lowest BCUT2D eigenvalue weighted by Crippen LogP contribution is -2.05. The normalized spacial score (nSPS) is 12.4. The van der Waals surface area contributed by atoms with E-state index in [0.29, 0.717) is 0 Å². The molecule has 1 aromatic carbocycles. The molecule has 0 bridgehead atoms. The van der Waals surface area contributed by atoms with Crippen molar-refractivity contribution < 1.29 is 18.2 Å². The molecule has 2 rings (SSSR count). The Labute approximate surface area is 105 Å². The number of aromatic nitrogens is 2. The number of rotatable bonds is 3. The largest absolute Gasteiger partial charge is 0.337 e. The number of nitrogens with zero attached hydrogens (tertiary/aromatic N) is 3. The maximum Gasteiger partial charge on any atom is 0.305 e. The second-order valence-corrected chi connectivity index (χ2v) is 3.76. The highest BCUT2D eigenvalue weighted by molar-refractivity contribution is 5.61. The number of benzene rings is 1. The zero-order chi connectivity index (χ0) is 14.2. The Balaban J connectivity index is 2.60. The third-order valence-corrected chi connectivity index (χ3v) is 2.32. The minimum Gasteiger partial charge on any atom is -0.337 e. The first kappa shape index (κ1) is 13.0. The third kappa shape index (κ3) is 2.27. The summed E-state index contributed by atoms with van der Waals surface area (Å²) >= 11 is 0. The standard InChI is InChI=1S/C10H8F2N4O3/c1-4(13)10-14-9(15-19-10)7-5(11)2-3-6(8(7)12)16(17)18/h2-4H,13H2,1H3/t4-/m1/s1. The highest BCUT2D eigenvalue weighted by atomic mass is 19.1. The fourth-order valence-corrected chi connectivity index (χ4v) is 1.41. The number of hydrogen-bond donors (Lipinski definition) is 1. The number of nitro groups is 1. The molecule has 1 aromatic heterocycles. The summed E-state index contributed by atoms with van der Waals surface area (Å²) < 4.78 is 32.1. The van der Waals surface area contributed by atoms with Crippen molar-refractivity contribution in [3.05, 3.63) is 39.8 Å². The first-order chi connectivity index (χ1) is 8.91. The van der Waals surface area contributed by atoms with E-state index in [-0.39, 0.29) is 5.89 Å². The molecular weight excluding hydrogens is 262 g/mol. The average molecular weight is 270 g/mol. The minimum atomic E-state index is -1.36. The van der Waals surface area contributed by atoms with Crippen molar-refractivity contribution in [1.82, 2.24) is 10.1 Å². The van der Waals surface area contributed by atoms with E-state index in [1.165, 1.54) is 6.92 Å². The summed E-state index contributed by atoms with van der Waals surface area (Å²) in [5.74, 6) is -2.84. The molecule has 2 aromatic rings. The third-order valence-electron chi connectivity index (χ3n) is 2.32. The van der Waals surface area contributed by atoms with Gasteiger partial charge in [0.25, 0.3) is 0 Å². The molecule has 1 atom stereocenters. The van der Waals surface area contributed by atoms with Crippen molar-refractivity contribution >= 4 is 5.69 Å². The molecule has 9 heteroatoms. The van der Waals surface area contributed by atoms with Gasteiger partial charge in [-0.25, -0.2) is 4.39 Å². The van der Waals surface area contributed by atoms with E-state index in [1.807, 2.05) is 0 Å².